The second kappa shape index (κ2) is 12.8. The van der Waals surface area contributed by atoms with Crippen LogP contribution >= 0.6 is 0 Å². The Morgan fingerprint density at radius 1 is 0.283 bits per heavy atom. The van der Waals surface area contributed by atoms with Crippen molar-refractivity contribution in [1.29, 1.82) is 0 Å². The van der Waals surface area contributed by atoms with Crippen LogP contribution in [0.1, 0.15) is 0 Å². The van der Waals surface area contributed by atoms with E-state index in [-0.39, 0.29) is 0 Å². The number of benzene rings is 11. The van der Waals surface area contributed by atoms with Gasteiger partial charge in [-0.15, -0.1) is 0 Å². The van der Waals surface area contributed by atoms with Crippen molar-refractivity contribution in [3.63, 3.8) is 0 Å². The highest BCUT2D eigenvalue weighted by Crippen LogP contribution is 2.48. The fraction of sp³-hybridized carbons (Fsp3) is 0. The lowest BCUT2D eigenvalue weighted by atomic mass is 9.87. The Kier molecular flexibility index (Phi) is 7.05. The van der Waals surface area contributed by atoms with Crippen LogP contribution in [0.25, 0.3) is 109 Å². The lowest BCUT2D eigenvalue weighted by molar-refractivity contribution is 0.669. The monoisotopic (exact) mass is 761 g/mol. The Morgan fingerprint density at radius 2 is 0.833 bits per heavy atom. The number of rotatable bonds is 5. The SMILES string of the molecule is c1ccc(-c2ccccc2N(c2ccc(-c3ccc4c(c3)oc3ccccc34)cc2)c2cc3ccc4cccc5c6cccc7ccc8cccc(c(c2)c3c45)c8c76)cc1. The molecule has 0 bridgehead atoms. The molecule has 0 N–H and O–H groups in total. The summed E-state index contributed by atoms with van der Waals surface area (Å²) < 4.78 is 6.30. The number of nitrogens with zero attached hydrogens (tertiary/aromatic N) is 1. The predicted octanol–water partition coefficient (Wildman–Crippen LogP) is 16.7. The van der Waals surface area contributed by atoms with Crippen molar-refractivity contribution in [2.24, 2.45) is 0 Å². The van der Waals surface area contributed by atoms with Crippen LogP contribution in [0.15, 0.2) is 217 Å². The van der Waals surface area contributed by atoms with E-state index in [0.29, 0.717) is 0 Å². The normalized spacial score (nSPS) is 12.0. The molecular weight excluding hydrogens is 727 g/mol. The van der Waals surface area contributed by atoms with Crippen LogP contribution < -0.4 is 4.90 Å². The third kappa shape index (κ3) is 4.88. The predicted molar refractivity (Wildman–Crippen MR) is 255 cm³/mol. The zero-order valence-electron chi connectivity index (χ0n) is 32.6. The van der Waals surface area contributed by atoms with Crippen molar-refractivity contribution < 1.29 is 4.42 Å². The quantitative estimate of drug-likeness (QED) is 0.162. The number of fused-ring (bicyclic) bond motifs is 5. The maximum atomic E-state index is 6.30. The molecule has 0 atom stereocenters. The molecule has 0 aliphatic rings. The molecule has 0 radical (unpaired) electrons. The van der Waals surface area contributed by atoms with Gasteiger partial charge in [0, 0.05) is 27.7 Å². The summed E-state index contributed by atoms with van der Waals surface area (Å²) in [4.78, 5) is 2.45. The van der Waals surface area contributed by atoms with E-state index in [1.54, 1.807) is 0 Å². The van der Waals surface area contributed by atoms with Gasteiger partial charge in [-0.3, -0.25) is 0 Å². The van der Waals surface area contributed by atoms with Crippen molar-refractivity contribution >= 4 is 104 Å². The van der Waals surface area contributed by atoms with Crippen molar-refractivity contribution in [1.82, 2.24) is 0 Å². The summed E-state index contributed by atoms with van der Waals surface area (Å²) in [5.74, 6) is 0. The third-order valence-corrected chi connectivity index (χ3v) is 12.7. The number of hydrogen-bond acceptors (Lipinski definition) is 2. The minimum atomic E-state index is 0.900. The van der Waals surface area contributed by atoms with Crippen LogP contribution in [0.2, 0.25) is 0 Å². The first kappa shape index (κ1) is 33.1. The van der Waals surface area contributed by atoms with E-state index in [9.17, 15) is 0 Å². The summed E-state index contributed by atoms with van der Waals surface area (Å²) in [5.41, 5.74) is 9.71. The largest absolute Gasteiger partial charge is 0.456 e. The molecule has 13 aromatic rings. The third-order valence-electron chi connectivity index (χ3n) is 12.7. The Hall–Kier alpha value is -7.94. The number of furan rings is 1. The van der Waals surface area contributed by atoms with Crippen LogP contribution in [0.3, 0.4) is 0 Å². The molecular formula is C58H35NO. The molecule has 2 heteroatoms. The maximum absolute atomic E-state index is 6.30. The first-order valence-electron chi connectivity index (χ1n) is 20.7. The van der Waals surface area contributed by atoms with E-state index in [0.717, 1.165) is 50.1 Å². The van der Waals surface area contributed by atoms with Crippen LogP contribution in [0.4, 0.5) is 17.1 Å². The lowest BCUT2D eigenvalue weighted by Gasteiger charge is -2.29. The van der Waals surface area contributed by atoms with Crippen molar-refractivity contribution in [2.75, 3.05) is 4.90 Å². The Labute approximate surface area is 346 Å². The molecule has 12 aromatic carbocycles. The summed E-state index contributed by atoms with van der Waals surface area (Å²) in [6, 6.07) is 77.8. The molecule has 0 saturated heterocycles. The Balaban J connectivity index is 1.10. The molecule has 2 nitrogen and oxygen atoms in total. The standard InChI is InChI=1S/C58H35NO/c1-2-11-37(12-3-1)45-16-4-6-21-52(45)59(43-30-27-36(28-31-43)41-29-32-47-46-17-5-7-22-53(46)60-54(47)34-41)44-33-42-26-25-40-14-9-19-49-48-18-8-13-38-23-24-39-15-10-20-50(57(39)55(38)48)51(35-44)58(42)56(40)49/h1-35H. The molecule has 1 heterocycles. The second-order valence-electron chi connectivity index (χ2n) is 16.0. The van der Waals surface area contributed by atoms with Crippen LogP contribution in [0, 0.1) is 0 Å². The highest BCUT2D eigenvalue weighted by molar-refractivity contribution is 6.37. The molecule has 13 rings (SSSR count). The second-order valence-corrected chi connectivity index (χ2v) is 16.0. The van der Waals surface area contributed by atoms with Crippen LogP contribution in [-0.4, -0.2) is 0 Å². The fourth-order valence-corrected chi connectivity index (χ4v) is 10.1. The lowest BCUT2D eigenvalue weighted by Crippen LogP contribution is -2.11. The van der Waals surface area contributed by atoms with Gasteiger partial charge in [0.1, 0.15) is 11.2 Å². The van der Waals surface area contributed by atoms with Gasteiger partial charge >= 0.3 is 0 Å². The minimum absolute atomic E-state index is 0.900. The van der Waals surface area contributed by atoms with Gasteiger partial charge in [-0.25, -0.2) is 0 Å². The van der Waals surface area contributed by atoms with Gasteiger partial charge < -0.3 is 9.32 Å². The van der Waals surface area contributed by atoms with Gasteiger partial charge in [-0.2, -0.15) is 0 Å². The van der Waals surface area contributed by atoms with Crippen molar-refractivity contribution in [2.45, 2.75) is 0 Å². The number of para-hydroxylation sites is 2. The summed E-state index contributed by atoms with van der Waals surface area (Å²) in [5, 5.41) is 17.5. The Morgan fingerprint density at radius 3 is 1.55 bits per heavy atom. The van der Waals surface area contributed by atoms with Gasteiger partial charge in [0.05, 0.1) is 5.69 Å². The van der Waals surface area contributed by atoms with Crippen LogP contribution in [0.5, 0.6) is 0 Å². The highest BCUT2D eigenvalue weighted by atomic mass is 16.3. The first-order chi connectivity index (χ1) is 29.7. The van der Waals surface area contributed by atoms with E-state index < -0.39 is 0 Å². The molecule has 0 amide bonds. The Bertz CT molecular complexity index is 3820. The molecule has 0 aliphatic heterocycles. The molecule has 0 unspecified atom stereocenters. The van der Waals surface area contributed by atoms with Gasteiger partial charge in [-0.1, -0.05) is 164 Å². The summed E-state index contributed by atoms with van der Waals surface area (Å²) in [7, 11) is 0. The van der Waals surface area contributed by atoms with E-state index in [1.807, 2.05) is 12.1 Å². The molecule has 1 aromatic heterocycles. The molecule has 0 spiro atoms. The van der Waals surface area contributed by atoms with Crippen molar-refractivity contribution in [3.05, 3.63) is 212 Å². The van der Waals surface area contributed by atoms with E-state index in [4.69, 9.17) is 4.42 Å². The van der Waals surface area contributed by atoms with E-state index in [1.165, 1.54) is 75.8 Å². The minimum Gasteiger partial charge on any atom is -0.456 e. The first-order valence-corrected chi connectivity index (χ1v) is 20.7. The smallest absolute Gasteiger partial charge is 0.136 e. The van der Waals surface area contributed by atoms with E-state index in [2.05, 4.69) is 205 Å². The zero-order valence-corrected chi connectivity index (χ0v) is 32.6. The average molecular weight is 762 g/mol. The highest BCUT2D eigenvalue weighted by Gasteiger charge is 2.21. The maximum Gasteiger partial charge on any atom is 0.136 e. The molecule has 0 aliphatic carbocycles. The van der Waals surface area contributed by atoms with Gasteiger partial charge in [0.15, 0.2) is 0 Å². The van der Waals surface area contributed by atoms with Gasteiger partial charge in [0.25, 0.3) is 0 Å². The van der Waals surface area contributed by atoms with E-state index >= 15 is 0 Å². The number of anilines is 3. The molecule has 278 valence electrons. The van der Waals surface area contributed by atoms with Gasteiger partial charge in [0.2, 0.25) is 0 Å². The number of hydrogen-bond donors (Lipinski definition) is 0. The molecule has 60 heavy (non-hydrogen) atoms. The molecule has 0 fully saturated rings. The topological polar surface area (TPSA) is 16.4 Å². The van der Waals surface area contributed by atoms with Crippen LogP contribution in [-0.2, 0) is 0 Å². The summed E-state index contributed by atoms with van der Waals surface area (Å²) in [6.07, 6.45) is 0. The molecule has 0 saturated carbocycles. The average Bonchev–Trinajstić information content (AvgIpc) is 3.69. The summed E-state index contributed by atoms with van der Waals surface area (Å²) >= 11 is 0. The zero-order chi connectivity index (χ0) is 39.3. The fourth-order valence-electron chi connectivity index (χ4n) is 10.1. The van der Waals surface area contributed by atoms with Crippen molar-refractivity contribution in [3.8, 4) is 22.3 Å². The summed E-state index contributed by atoms with van der Waals surface area (Å²) in [6.45, 7) is 0. The van der Waals surface area contributed by atoms with Gasteiger partial charge in [-0.05, 0) is 130 Å².